The van der Waals surface area contributed by atoms with E-state index in [0.717, 1.165) is 29.5 Å². The number of hydrogen-bond donors (Lipinski definition) is 2. The van der Waals surface area contributed by atoms with E-state index in [1.165, 1.54) is 11.3 Å². The van der Waals surface area contributed by atoms with E-state index in [1.54, 1.807) is 7.05 Å². The highest BCUT2D eigenvalue weighted by atomic mass is 32.1. The quantitative estimate of drug-likeness (QED) is 0.809. The third-order valence-electron chi connectivity index (χ3n) is 2.93. The Morgan fingerprint density at radius 3 is 3.00 bits per heavy atom. The smallest absolute Gasteiger partial charge is 0.237 e. The standard InChI is InChI=1S/C10H17N5OS/c1-11-9(16)7-4-3-5-15(7)6-8-13-14-10(12-2)17-8/h7H,3-6H2,1-2H3,(H,11,16)(H,12,14). The predicted octanol–water partition coefficient (Wildman–Crippen LogP) is 0.290. The lowest BCUT2D eigenvalue weighted by Gasteiger charge is -2.21. The van der Waals surface area contributed by atoms with Crippen molar-refractivity contribution in [3.8, 4) is 0 Å². The number of nitrogens with zero attached hydrogens (tertiary/aromatic N) is 3. The summed E-state index contributed by atoms with van der Waals surface area (Å²) in [7, 11) is 3.51. The zero-order valence-electron chi connectivity index (χ0n) is 10.1. The molecule has 1 unspecified atom stereocenters. The fraction of sp³-hybridized carbons (Fsp3) is 0.700. The van der Waals surface area contributed by atoms with Gasteiger partial charge in [-0.15, -0.1) is 10.2 Å². The van der Waals surface area contributed by atoms with Crippen molar-refractivity contribution in [3.05, 3.63) is 5.01 Å². The molecule has 2 heterocycles. The maximum Gasteiger partial charge on any atom is 0.237 e. The van der Waals surface area contributed by atoms with Crippen LogP contribution in [0.5, 0.6) is 0 Å². The van der Waals surface area contributed by atoms with Crippen molar-refractivity contribution in [2.75, 3.05) is 26.0 Å². The van der Waals surface area contributed by atoms with Crippen LogP contribution in [-0.2, 0) is 11.3 Å². The third-order valence-corrected chi connectivity index (χ3v) is 3.86. The molecule has 1 fully saturated rings. The number of likely N-dealkylation sites (N-methyl/N-ethyl adjacent to an activating group) is 1. The summed E-state index contributed by atoms with van der Waals surface area (Å²) in [6, 6.07) is -0.0121. The molecule has 1 saturated heterocycles. The minimum absolute atomic E-state index is 0.0121. The van der Waals surface area contributed by atoms with Gasteiger partial charge in [0, 0.05) is 14.1 Å². The Bertz CT molecular complexity index is 394. The van der Waals surface area contributed by atoms with E-state index in [0.29, 0.717) is 6.54 Å². The van der Waals surface area contributed by atoms with Gasteiger partial charge >= 0.3 is 0 Å². The summed E-state index contributed by atoms with van der Waals surface area (Å²) in [4.78, 5) is 13.8. The molecule has 0 aromatic carbocycles. The molecule has 0 saturated carbocycles. The first-order valence-electron chi connectivity index (χ1n) is 5.70. The van der Waals surface area contributed by atoms with E-state index in [1.807, 2.05) is 7.05 Å². The van der Waals surface area contributed by atoms with Gasteiger partial charge in [0.15, 0.2) is 0 Å². The molecule has 7 heteroatoms. The van der Waals surface area contributed by atoms with Gasteiger partial charge < -0.3 is 10.6 Å². The first-order valence-corrected chi connectivity index (χ1v) is 6.52. The Labute approximate surface area is 104 Å². The van der Waals surface area contributed by atoms with Crippen molar-refractivity contribution in [2.45, 2.75) is 25.4 Å². The maximum absolute atomic E-state index is 11.7. The molecule has 1 aliphatic heterocycles. The van der Waals surface area contributed by atoms with Crippen LogP contribution in [0.3, 0.4) is 0 Å². The lowest BCUT2D eigenvalue weighted by atomic mass is 10.2. The third kappa shape index (κ3) is 2.73. The Hall–Kier alpha value is -1.21. The molecule has 1 aromatic rings. The van der Waals surface area contributed by atoms with Crippen LogP contribution in [0.1, 0.15) is 17.8 Å². The van der Waals surface area contributed by atoms with Gasteiger partial charge in [0.25, 0.3) is 0 Å². The first kappa shape index (κ1) is 12.3. The van der Waals surface area contributed by atoms with Gasteiger partial charge in [0.1, 0.15) is 5.01 Å². The van der Waals surface area contributed by atoms with Gasteiger partial charge in [-0.25, -0.2) is 0 Å². The number of aromatic nitrogens is 2. The summed E-state index contributed by atoms with van der Waals surface area (Å²) in [5.41, 5.74) is 0. The minimum atomic E-state index is -0.0121. The Kier molecular flexibility index (Phi) is 3.90. The largest absolute Gasteiger partial charge is 0.363 e. The predicted molar refractivity (Wildman–Crippen MR) is 67.0 cm³/mol. The number of anilines is 1. The monoisotopic (exact) mass is 255 g/mol. The molecular formula is C10H17N5OS. The first-order chi connectivity index (χ1) is 8.24. The SMILES string of the molecule is CNC(=O)C1CCCN1Cc1nnc(NC)s1. The summed E-state index contributed by atoms with van der Waals surface area (Å²) >= 11 is 1.53. The molecule has 1 amide bonds. The van der Waals surface area contributed by atoms with Gasteiger partial charge in [-0.3, -0.25) is 9.69 Å². The van der Waals surface area contributed by atoms with E-state index in [9.17, 15) is 4.79 Å². The molecule has 1 aromatic heterocycles. The lowest BCUT2D eigenvalue weighted by Crippen LogP contribution is -2.41. The second-order valence-electron chi connectivity index (χ2n) is 3.99. The normalized spacial score (nSPS) is 20.5. The zero-order valence-corrected chi connectivity index (χ0v) is 10.9. The van der Waals surface area contributed by atoms with E-state index < -0.39 is 0 Å². The zero-order chi connectivity index (χ0) is 12.3. The molecule has 2 rings (SSSR count). The number of hydrogen-bond acceptors (Lipinski definition) is 6. The number of likely N-dealkylation sites (tertiary alicyclic amines) is 1. The number of nitrogens with one attached hydrogen (secondary N) is 2. The van der Waals surface area contributed by atoms with Crippen molar-refractivity contribution in [1.82, 2.24) is 20.4 Å². The molecule has 0 aliphatic carbocycles. The van der Waals surface area contributed by atoms with Crippen LogP contribution in [-0.4, -0.2) is 47.7 Å². The molecule has 17 heavy (non-hydrogen) atoms. The fourth-order valence-corrected chi connectivity index (χ4v) is 2.79. The topological polar surface area (TPSA) is 70.2 Å². The fourth-order valence-electron chi connectivity index (χ4n) is 2.07. The van der Waals surface area contributed by atoms with Crippen LogP contribution in [0.4, 0.5) is 5.13 Å². The van der Waals surface area contributed by atoms with Gasteiger partial charge in [-0.2, -0.15) is 0 Å². The highest BCUT2D eigenvalue weighted by molar-refractivity contribution is 7.15. The highest BCUT2D eigenvalue weighted by Gasteiger charge is 2.30. The second-order valence-corrected chi connectivity index (χ2v) is 5.06. The van der Waals surface area contributed by atoms with Crippen molar-refractivity contribution < 1.29 is 4.79 Å². The van der Waals surface area contributed by atoms with E-state index >= 15 is 0 Å². The molecular weight excluding hydrogens is 238 g/mol. The Morgan fingerprint density at radius 1 is 1.53 bits per heavy atom. The number of carbonyl (C=O) groups is 1. The van der Waals surface area contributed by atoms with E-state index in [4.69, 9.17) is 0 Å². The Morgan fingerprint density at radius 2 is 2.35 bits per heavy atom. The molecule has 0 spiro atoms. The summed E-state index contributed by atoms with van der Waals surface area (Å²) in [6.45, 7) is 1.66. The molecule has 6 nitrogen and oxygen atoms in total. The summed E-state index contributed by atoms with van der Waals surface area (Å²) < 4.78 is 0. The van der Waals surface area contributed by atoms with E-state index in [2.05, 4.69) is 25.7 Å². The number of rotatable bonds is 4. The van der Waals surface area contributed by atoms with Gasteiger partial charge in [0.05, 0.1) is 12.6 Å². The van der Waals surface area contributed by atoms with E-state index in [-0.39, 0.29) is 11.9 Å². The van der Waals surface area contributed by atoms with Crippen LogP contribution in [0.25, 0.3) is 0 Å². The molecule has 94 valence electrons. The molecule has 1 atom stereocenters. The highest BCUT2D eigenvalue weighted by Crippen LogP contribution is 2.22. The average molecular weight is 255 g/mol. The molecule has 2 N–H and O–H groups in total. The minimum Gasteiger partial charge on any atom is -0.363 e. The average Bonchev–Trinajstić information content (AvgIpc) is 2.97. The lowest BCUT2D eigenvalue weighted by molar-refractivity contribution is -0.125. The van der Waals surface area contributed by atoms with Crippen LogP contribution in [0.15, 0.2) is 0 Å². The number of carbonyl (C=O) groups excluding carboxylic acids is 1. The van der Waals surface area contributed by atoms with Gasteiger partial charge in [-0.1, -0.05) is 11.3 Å². The molecule has 1 aliphatic rings. The second kappa shape index (κ2) is 5.42. The van der Waals surface area contributed by atoms with Crippen LogP contribution < -0.4 is 10.6 Å². The number of amides is 1. The van der Waals surface area contributed by atoms with Crippen molar-refractivity contribution in [3.63, 3.8) is 0 Å². The van der Waals surface area contributed by atoms with Crippen molar-refractivity contribution in [1.29, 1.82) is 0 Å². The summed E-state index contributed by atoms with van der Waals surface area (Å²) in [6.07, 6.45) is 1.99. The van der Waals surface area contributed by atoms with Crippen molar-refractivity contribution in [2.24, 2.45) is 0 Å². The van der Waals surface area contributed by atoms with Crippen LogP contribution in [0, 0.1) is 0 Å². The van der Waals surface area contributed by atoms with Crippen LogP contribution >= 0.6 is 11.3 Å². The Balaban J connectivity index is 2.00. The van der Waals surface area contributed by atoms with Crippen molar-refractivity contribution >= 4 is 22.4 Å². The van der Waals surface area contributed by atoms with Gasteiger partial charge in [-0.05, 0) is 19.4 Å². The summed E-state index contributed by atoms with van der Waals surface area (Å²) in [5, 5.41) is 15.5. The van der Waals surface area contributed by atoms with Crippen LogP contribution in [0.2, 0.25) is 0 Å². The summed E-state index contributed by atoms with van der Waals surface area (Å²) in [5.74, 6) is 0.0980. The van der Waals surface area contributed by atoms with Gasteiger partial charge in [0.2, 0.25) is 11.0 Å². The maximum atomic E-state index is 11.7. The molecule has 0 bridgehead atoms. The molecule has 0 radical (unpaired) electrons.